The lowest BCUT2D eigenvalue weighted by Crippen LogP contribution is -2.26. The van der Waals surface area contributed by atoms with E-state index in [0.717, 1.165) is 56.0 Å². The number of rotatable bonds is 7. The zero-order valence-corrected chi connectivity index (χ0v) is 21.4. The van der Waals surface area contributed by atoms with E-state index in [9.17, 15) is 4.79 Å². The van der Waals surface area contributed by atoms with Crippen molar-refractivity contribution in [3.05, 3.63) is 89.8 Å². The first kappa shape index (κ1) is 23.3. The van der Waals surface area contributed by atoms with E-state index in [-0.39, 0.29) is 11.8 Å². The smallest absolute Gasteiger partial charge is 0.141 e. The molecule has 1 saturated carbocycles. The number of aryl methyl sites for hydroxylation is 2. The van der Waals surface area contributed by atoms with Crippen LogP contribution in [0, 0.1) is 19.8 Å². The molecule has 5 aromatic rings. The third kappa shape index (κ3) is 4.26. The van der Waals surface area contributed by atoms with Crippen LogP contribution in [0.1, 0.15) is 54.9 Å². The van der Waals surface area contributed by atoms with Crippen molar-refractivity contribution >= 4 is 16.8 Å². The highest BCUT2D eigenvalue weighted by Gasteiger charge is 2.32. The number of nitrogens with zero attached hydrogens (tertiary/aromatic N) is 4. The van der Waals surface area contributed by atoms with Gasteiger partial charge in [-0.15, -0.1) is 0 Å². The number of fused-ring (bicyclic) bond motifs is 1. The van der Waals surface area contributed by atoms with Crippen LogP contribution in [0.5, 0.6) is 0 Å². The largest absolute Gasteiger partial charge is 0.361 e. The predicted octanol–water partition coefficient (Wildman–Crippen LogP) is 6.89. The second kappa shape index (κ2) is 9.43. The lowest BCUT2D eigenvalue weighted by Gasteiger charge is -2.35. The Hall–Kier alpha value is -4.06. The Balaban J connectivity index is 1.55. The molecule has 1 unspecified atom stereocenters. The maximum Gasteiger partial charge on any atom is 0.141 e. The first-order valence-corrected chi connectivity index (χ1v) is 12.9. The third-order valence-corrected chi connectivity index (χ3v) is 7.60. The van der Waals surface area contributed by atoms with Gasteiger partial charge in [0.15, 0.2) is 0 Å². The van der Waals surface area contributed by atoms with E-state index in [4.69, 9.17) is 14.5 Å². The maximum atomic E-state index is 11.6. The second-order valence-corrected chi connectivity index (χ2v) is 10.2. The van der Waals surface area contributed by atoms with Crippen molar-refractivity contribution in [2.45, 2.75) is 52.5 Å². The van der Waals surface area contributed by atoms with Crippen LogP contribution >= 0.6 is 0 Å². The quantitative estimate of drug-likeness (QED) is 0.248. The SMILES string of the molecule is CC(=O)Cc1ccc(-c2cn(C(c3ccccn3)C3CCC3)c3cc(-c4c(C)noc4C)cnc23)cc1. The van der Waals surface area contributed by atoms with Crippen molar-refractivity contribution < 1.29 is 9.32 Å². The van der Waals surface area contributed by atoms with Crippen LogP contribution in [-0.4, -0.2) is 25.5 Å². The number of benzene rings is 1. The Morgan fingerprint density at radius 2 is 1.89 bits per heavy atom. The van der Waals surface area contributed by atoms with Gasteiger partial charge in [0.2, 0.25) is 0 Å². The first-order valence-electron chi connectivity index (χ1n) is 12.9. The fourth-order valence-electron chi connectivity index (χ4n) is 5.61. The highest BCUT2D eigenvalue weighted by Crippen LogP contribution is 2.43. The monoisotopic (exact) mass is 490 g/mol. The van der Waals surface area contributed by atoms with Crippen molar-refractivity contribution in [2.24, 2.45) is 5.92 Å². The van der Waals surface area contributed by atoms with E-state index in [0.29, 0.717) is 12.3 Å². The lowest BCUT2D eigenvalue weighted by atomic mass is 9.78. The van der Waals surface area contributed by atoms with Gasteiger partial charge in [-0.2, -0.15) is 0 Å². The van der Waals surface area contributed by atoms with E-state index >= 15 is 0 Å². The number of carbonyl (C=O) groups is 1. The summed E-state index contributed by atoms with van der Waals surface area (Å²) in [6.07, 6.45) is 10.1. The molecule has 6 nitrogen and oxygen atoms in total. The molecule has 0 N–H and O–H groups in total. The van der Waals surface area contributed by atoms with Gasteiger partial charge >= 0.3 is 0 Å². The molecule has 0 bridgehead atoms. The number of ketones is 1. The number of aromatic nitrogens is 4. The fraction of sp³-hybridized carbons (Fsp3) is 0.290. The molecule has 37 heavy (non-hydrogen) atoms. The van der Waals surface area contributed by atoms with Crippen molar-refractivity contribution in [2.75, 3.05) is 0 Å². The lowest BCUT2D eigenvalue weighted by molar-refractivity contribution is -0.116. The number of hydrogen-bond donors (Lipinski definition) is 0. The zero-order chi connectivity index (χ0) is 25.5. The van der Waals surface area contributed by atoms with Gasteiger partial charge in [0, 0.05) is 41.7 Å². The average molecular weight is 491 g/mol. The van der Waals surface area contributed by atoms with Crippen LogP contribution in [0.25, 0.3) is 33.3 Å². The Labute approximate surface area is 216 Å². The predicted molar refractivity (Wildman–Crippen MR) is 144 cm³/mol. The summed E-state index contributed by atoms with van der Waals surface area (Å²) >= 11 is 0. The third-order valence-electron chi connectivity index (χ3n) is 7.60. The van der Waals surface area contributed by atoms with Gasteiger partial charge in [-0.05, 0) is 68.9 Å². The van der Waals surface area contributed by atoms with Gasteiger partial charge in [0.25, 0.3) is 0 Å². The number of pyridine rings is 2. The van der Waals surface area contributed by atoms with E-state index in [1.807, 2.05) is 44.4 Å². The van der Waals surface area contributed by atoms with E-state index in [2.05, 4.69) is 46.3 Å². The summed E-state index contributed by atoms with van der Waals surface area (Å²) in [6.45, 7) is 5.53. The van der Waals surface area contributed by atoms with Crippen molar-refractivity contribution in [1.29, 1.82) is 0 Å². The van der Waals surface area contributed by atoms with Gasteiger partial charge in [0.1, 0.15) is 11.5 Å². The van der Waals surface area contributed by atoms with Crippen LogP contribution in [-0.2, 0) is 11.2 Å². The normalized spacial score (nSPS) is 14.6. The minimum absolute atomic E-state index is 0.130. The van der Waals surface area contributed by atoms with E-state index in [1.165, 1.54) is 19.3 Å². The summed E-state index contributed by atoms with van der Waals surface area (Å²) in [7, 11) is 0. The topological polar surface area (TPSA) is 73.8 Å². The van der Waals surface area contributed by atoms with Crippen LogP contribution < -0.4 is 0 Å². The summed E-state index contributed by atoms with van der Waals surface area (Å²) in [5.41, 5.74) is 9.15. The molecule has 1 aromatic carbocycles. The summed E-state index contributed by atoms with van der Waals surface area (Å²) in [5, 5.41) is 4.17. The summed E-state index contributed by atoms with van der Waals surface area (Å²) < 4.78 is 7.85. The van der Waals surface area contributed by atoms with Crippen molar-refractivity contribution in [3.8, 4) is 22.3 Å². The Kier molecular flexibility index (Phi) is 5.95. The maximum absolute atomic E-state index is 11.6. The van der Waals surface area contributed by atoms with Gasteiger partial charge in [-0.25, -0.2) is 0 Å². The highest BCUT2D eigenvalue weighted by atomic mass is 16.5. The number of hydrogen-bond acceptors (Lipinski definition) is 5. The summed E-state index contributed by atoms with van der Waals surface area (Å²) in [4.78, 5) is 21.4. The molecule has 6 rings (SSSR count). The summed E-state index contributed by atoms with van der Waals surface area (Å²) in [6, 6.07) is 16.8. The molecule has 6 heteroatoms. The molecule has 0 saturated heterocycles. The molecule has 1 aliphatic carbocycles. The molecule has 0 radical (unpaired) electrons. The Bertz CT molecular complexity index is 1560. The molecule has 0 amide bonds. The van der Waals surface area contributed by atoms with Gasteiger partial charge in [-0.1, -0.05) is 41.9 Å². The summed E-state index contributed by atoms with van der Waals surface area (Å²) in [5.74, 6) is 1.48. The number of carbonyl (C=O) groups excluding carboxylic acids is 1. The van der Waals surface area contributed by atoms with Gasteiger partial charge in [-0.3, -0.25) is 14.8 Å². The Morgan fingerprint density at radius 1 is 1.08 bits per heavy atom. The molecule has 4 heterocycles. The molecule has 4 aromatic heterocycles. The molecular weight excluding hydrogens is 460 g/mol. The van der Waals surface area contributed by atoms with Gasteiger partial charge < -0.3 is 9.09 Å². The highest BCUT2D eigenvalue weighted by molar-refractivity contribution is 5.95. The number of Topliss-reactive ketones (excluding diaryl/α,β-unsaturated/α-hetero) is 1. The molecule has 1 aliphatic rings. The van der Waals surface area contributed by atoms with E-state index < -0.39 is 0 Å². The minimum atomic E-state index is 0.130. The van der Waals surface area contributed by atoms with Crippen LogP contribution in [0.2, 0.25) is 0 Å². The van der Waals surface area contributed by atoms with Crippen molar-refractivity contribution in [1.82, 2.24) is 19.7 Å². The molecule has 1 fully saturated rings. The standard InChI is InChI=1S/C31H30N4O2/c1-19(36)15-22-10-12-23(13-11-22)26-18-35(31(24-7-6-8-24)27-9-4-5-14-32-27)28-16-25(17-33-30(26)28)29-20(2)34-37-21(29)3/h4-5,9-14,16-18,24,31H,6-8,15H2,1-3H3. The first-order chi connectivity index (χ1) is 18.0. The van der Waals surface area contributed by atoms with E-state index in [1.54, 1.807) is 6.92 Å². The molecule has 1 atom stereocenters. The fourth-order valence-corrected chi connectivity index (χ4v) is 5.61. The molecule has 0 aliphatic heterocycles. The Morgan fingerprint density at radius 3 is 2.51 bits per heavy atom. The average Bonchev–Trinajstić information content (AvgIpc) is 3.41. The van der Waals surface area contributed by atoms with Crippen LogP contribution in [0.3, 0.4) is 0 Å². The van der Waals surface area contributed by atoms with Crippen LogP contribution in [0.15, 0.2) is 71.6 Å². The van der Waals surface area contributed by atoms with Gasteiger partial charge in [0.05, 0.1) is 28.5 Å². The second-order valence-electron chi connectivity index (χ2n) is 10.2. The molecular formula is C31H30N4O2. The van der Waals surface area contributed by atoms with Crippen LogP contribution in [0.4, 0.5) is 0 Å². The minimum Gasteiger partial charge on any atom is -0.361 e. The van der Waals surface area contributed by atoms with Crippen molar-refractivity contribution in [3.63, 3.8) is 0 Å². The zero-order valence-electron chi connectivity index (χ0n) is 21.4. The molecule has 186 valence electrons. The molecule has 0 spiro atoms.